The standard InChI is InChI=1S/C26H22N2O3S2/c1-19-11-17-23(18-12-19)33(30,31)28-21-15-13-20(14-16-21)26(29)27-24-9-5-6-10-25(24)32-22-7-3-2-4-8-22/h2-18,28H,1H3,(H,27,29). The Morgan fingerprint density at radius 2 is 1.39 bits per heavy atom. The number of amides is 1. The van der Waals surface area contributed by atoms with E-state index in [2.05, 4.69) is 10.0 Å². The van der Waals surface area contributed by atoms with Crippen molar-refractivity contribution in [2.45, 2.75) is 21.6 Å². The second-order valence-corrected chi connectivity index (χ2v) is 10.2. The van der Waals surface area contributed by atoms with Crippen LogP contribution in [0.4, 0.5) is 11.4 Å². The van der Waals surface area contributed by atoms with Gasteiger partial charge in [0.15, 0.2) is 0 Å². The van der Waals surface area contributed by atoms with Crippen LogP contribution in [0.1, 0.15) is 15.9 Å². The minimum Gasteiger partial charge on any atom is -0.321 e. The molecule has 7 heteroatoms. The highest BCUT2D eigenvalue weighted by atomic mass is 32.2. The van der Waals surface area contributed by atoms with Crippen LogP contribution in [0.5, 0.6) is 0 Å². The van der Waals surface area contributed by atoms with Gasteiger partial charge in [-0.2, -0.15) is 0 Å². The molecule has 1 amide bonds. The highest BCUT2D eigenvalue weighted by molar-refractivity contribution is 7.99. The molecule has 0 saturated heterocycles. The lowest BCUT2D eigenvalue weighted by Crippen LogP contribution is -2.14. The van der Waals surface area contributed by atoms with Crippen LogP contribution >= 0.6 is 11.8 Å². The van der Waals surface area contributed by atoms with Crippen LogP contribution < -0.4 is 10.0 Å². The summed E-state index contributed by atoms with van der Waals surface area (Å²) < 4.78 is 27.7. The third-order valence-corrected chi connectivity index (χ3v) is 7.32. The monoisotopic (exact) mass is 474 g/mol. The molecule has 0 heterocycles. The van der Waals surface area contributed by atoms with Gasteiger partial charge in [0, 0.05) is 21.0 Å². The Labute approximate surface area is 197 Å². The van der Waals surface area contributed by atoms with E-state index in [1.54, 1.807) is 60.3 Å². The SMILES string of the molecule is Cc1ccc(S(=O)(=O)Nc2ccc(C(=O)Nc3ccccc3Sc3ccccc3)cc2)cc1. The van der Waals surface area contributed by atoms with Crippen molar-refractivity contribution in [3.63, 3.8) is 0 Å². The van der Waals surface area contributed by atoms with E-state index >= 15 is 0 Å². The molecule has 0 radical (unpaired) electrons. The van der Waals surface area contributed by atoms with E-state index in [4.69, 9.17) is 0 Å². The molecule has 0 bridgehead atoms. The maximum absolute atomic E-state index is 12.8. The van der Waals surface area contributed by atoms with Crippen molar-refractivity contribution in [2.24, 2.45) is 0 Å². The molecule has 0 aliphatic heterocycles. The molecular formula is C26H22N2O3S2. The summed E-state index contributed by atoms with van der Waals surface area (Å²) in [5.74, 6) is -0.274. The molecule has 0 atom stereocenters. The summed E-state index contributed by atoms with van der Waals surface area (Å²) in [6.07, 6.45) is 0. The van der Waals surface area contributed by atoms with Gasteiger partial charge in [0.05, 0.1) is 10.6 Å². The molecule has 4 rings (SSSR count). The first kappa shape index (κ1) is 22.6. The Balaban J connectivity index is 1.46. The summed E-state index contributed by atoms with van der Waals surface area (Å²) in [6.45, 7) is 1.90. The van der Waals surface area contributed by atoms with Crippen molar-refractivity contribution >= 4 is 39.1 Å². The number of rotatable bonds is 7. The molecule has 0 aliphatic carbocycles. The van der Waals surface area contributed by atoms with E-state index in [1.165, 1.54) is 0 Å². The zero-order valence-electron chi connectivity index (χ0n) is 17.9. The summed E-state index contributed by atoms with van der Waals surface area (Å²) in [5.41, 5.74) is 2.49. The van der Waals surface area contributed by atoms with E-state index in [-0.39, 0.29) is 10.8 Å². The van der Waals surface area contributed by atoms with Crippen LogP contribution in [0.15, 0.2) is 118 Å². The maximum Gasteiger partial charge on any atom is 0.261 e. The summed E-state index contributed by atoms with van der Waals surface area (Å²) in [7, 11) is -3.70. The quantitative estimate of drug-likeness (QED) is 0.334. The minimum atomic E-state index is -3.70. The third-order valence-electron chi connectivity index (χ3n) is 4.84. The van der Waals surface area contributed by atoms with Gasteiger partial charge < -0.3 is 5.32 Å². The van der Waals surface area contributed by atoms with Crippen molar-refractivity contribution < 1.29 is 13.2 Å². The van der Waals surface area contributed by atoms with Crippen LogP contribution in [-0.4, -0.2) is 14.3 Å². The Morgan fingerprint density at radius 3 is 2.09 bits per heavy atom. The summed E-state index contributed by atoms with van der Waals surface area (Å²) in [5, 5.41) is 2.95. The van der Waals surface area contributed by atoms with Crippen LogP contribution in [0.2, 0.25) is 0 Å². The number of benzene rings is 4. The predicted octanol–water partition coefficient (Wildman–Crippen LogP) is 6.20. The predicted molar refractivity (Wildman–Crippen MR) is 133 cm³/mol. The lowest BCUT2D eigenvalue weighted by molar-refractivity contribution is 0.102. The van der Waals surface area contributed by atoms with Gasteiger partial charge in [-0.3, -0.25) is 9.52 Å². The van der Waals surface area contributed by atoms with Crippen molar-refractivity contribution in [1.82, 2.24) is 0 Å². The number of sulfonamides is 1. The summed E-state index contributed by atoms with van der Waals surface area (Å²) in [6, 6.07) is 30.5. The number of aryl methyl sites for hydroxylation is 1. The van der Waals surface area contributed by atoms with E-state index < -0.39 is 10.0 Å². The average molecular weight is 475 g/mol. The molecule has 0 saturated carbocycles. The molecule has 0 fully saturated rings. The molecule has 166 valence electrons. The topological polar surface area (TPSA) is 75.3 Å². The number of carbonyl (C=O) groups excluding carboxylic acids is 1. The number of para-hydroxylation sites is 1. The van der Waals surface area contributed by atoms with Crippen LogP contribution in [0.3, 0.4) is 0 Å². The Hall–Kier alpha value is -3.55. The zero-order chi connectivity index (χ0) is 23.3. The fourth-order valence-corrected chi connectivity index (χ4v) is 5.07. The van der Waals surface area contributed by atoms with Crippen molar-refractivity contribution in [1.29, 1.82) is 0 Å². The van der Waals surface area contributed by atoms with Crippen LogP contribution in [0.25, 0.3) is 0 Å². The van der Waals surface area contributed by atoms with E-state index in [9.17, 15) is 13.2 Å². The minimum absolute atomic E-state index is 0.183. The molecule has 0 spiro atoms. The lowest BCUT2D eigenvalue weighted by Gasteiger charge is -2.12. The molecule has 0 aromatic heterocycles. The van der Waals surface area contributed by atoms with E-state index in [0.717, 1.165) is 15.4 Å². The van der Waals surface area contributed by atoms with E-state index in [0.29, 0.717) is 16.9 Å². The van der Waals surface area contributed by atoms with Gasteiger partial charge in [0.25, 0.3) is 15.9 Å². The van der Waals surface area contributed by atoms with Crippen LogP contribution in [0, 0.1) is 6.92 Å². The molecular weight excluding hydrogens is 452 g/mol. The largest absolute Gasteiger partial charge is 0.321 e. The first-order valence-corrected chi connectivity index (χ1v) is 12.5. The average Bonchev–Trinajstić information content (AvgIpc) is 2.81. The van der Waals surface area contributed by atoms with Crippen molar-refractivity contribution in [3.8, 4) is 0 Å². The summed E-state index contributed by atoms with van der Waals surface area (Å²) in [4.78, 5) is 15.0. The molecule has 5 nitrogen and oxygen atoms in total. The van der Waals surface area contributed by atoms with Crippen LogP contribution in [-0.2, 0) is 10.0 Å². The normalized spacial score (nSPS) is 11.1. The number of carbonyl (C=O) groups is 1. The van der Waals surface area contributed by atoms with Crippen molar-refractivity contribution in [2.75, 3.05) is 10.0 Å². The maximum atomic E-state index is 12.8. The van der Waals surface area contributed by atoms with Gasteiger partial charge in [-0.1, -0.05) is 59.8 Å². The molecule has 33 heavy (non-hydrogen) atoms. The van der Waals surface area contributed by atoms with Gasteiger partial charge in [0.1, 0.15) is 0 Å². The molecule has 4 aromatic carbocycles. The van der Waals surface area contributed by atoms with Gasteiger partial charge in [0.2, 0.25) is 0 Å². The van der Waals surface area contributed by atoms with Gasteiger partial charge in [-0.05, 0) is 67.6 Å². The zero-order valence-corrected chi connectivity index (χ0v) is 19.5. The van der Waals surface area contributed by atoms with E-state index in [1.807, 2.05) is 61.5 Å². The smallest absolute Gasteiger partial charge is 0.261 e. The van der Waals surface area contributed by atoms with Gasteiger partial charge >= 0.3 is 0 Å². The summed E-state index contributed by atoms with van der Waals surface area (Å²) >= 11 is 1.57. The van der Waals surface area contributed by atoms with Gasteiger partial charge in [-0.25, -0.2) is 8.42 Å². The first-order valence-electron chi connectivity index (χ1n) is 10.2. The lowest BCUT2D eigenvalue weighted by atomic mass is 10.2. The second-order valence-electron chi connectivity index (χ2n) is 7.36. The number of hydrogen-bond donors (Lipinski definition) is 2. The molecule has 0 aliphatic rings. The molecule has 2 N–H and O–H groups in total. The first-order chi connectivity index (χ1) is 15.9. The van der Waals surface area contributed by atoms with Crippen molar-refractivity contribution in [3.05, 3.63) is 114 Å². The van der Waals surface area contributed by atoms with Gasteiger partial charge in [-0.15, -0.1) is 0 Å². The second kappa shape index (κ2) is 9.94. The molecule has 0 unspecified atom stereocenters. The fourth-order valence-electron chi connectivity index (χ4n) is 3.09. The fraction of sp³-hybridized carbons (Fsp3) is 0.0385. The number of nitrogens with one attached hydrogen (secondary N) is 2. The number of anilines is 2. The third kappa shape index (κ3) is 5.83. The highest BCUT2D eigenvalue weighted by Crippen LogP contribution is 2.33. The Morgan fingerprint density at radius 1 is 0.758 bits per heavy atom. The Bertz CT molecular complexity index is 1350. The highest BCUT2D eigenvalue weighted by Gasteiger charge is 2.15. The number of hydrogen-bond acceptors (Lipinski definition) is 4. The molecule has 4 aromatic rings. The Kier molecular flexibility index (Phi) is 6.82.